The lowest BCUT2D eigenvalue weighted by molar-refractivity contribution is 0.0291. The van der Waals surface area contributed by atoms with Crippen LogP contribution in [-0.2, 0) is 20.0 Å². The van der Waals surface area contributed by atoms with Crippen molar-refractivity contribution in [1.82, 2.24) is 15.2 Å². The topological polar surface area (TPSA) is 116 Å². The number of rotatable bonds is 10. The maximum Gasteiger partial charge on any atom is 0.407 e. The quantitative estimate of drug-likeness (QED) is 0.290. The Balaban J connectivity index is 1.07. The zero-order valence-corrected chi connectivity index (χ0v) is 28.1. The SMILES string of the molecule is CC(C)NC(=O)O[C@H]1CCC[C@@H]1[C@](C#N)(c1ccccc1)C1CCN(CC2CN(c3ccc(S(=O)(=O)c4ccncc4)cc3)C2)CC1. The highest BCUT2D eigenvalue weighted by molar-refractivity contribution is 7.91. The van der Waals surface area contributed by atoms with E-state index in [0.717, 1.165) is 76.1 Å². The van der Waals surface area contributed by atoms with Gasteiger partial charge in [0.25, 0.3) is 0 Å². The number of hydrogen-bond donors (Lipinski definition) is 1. The van der Waals surface area contributed by atoms with Crippen LogP contribution in [0.5, 0.6) is 0 Å². The second kappa shape index (κ2) is 14.0. The van der Waals surface area contributed by atoms with Crippen LogP contribution in [0.15, 0.2) is 88.9 Å². The smallest absolute Gasteiger partial charge is 0.407 e. The molecule has 0 unspecified atom stereocenters. The highest BCUT2D eigenvalue weighted by Crippen LogP contribution is 2.51. The molecule has 1 saturated carbocycles. The predicted molar refractivity (Wildman–Crippen MR) is 181 cm³/mol. The highest BCUT2D eigenvalue weighted by atomic mass is 32.2. The molecule has 1 aromatic heterocycles. The number of nitrogens with one attached hydrogen (secondary N) is 1. The number of carbonyl (C=O) groups is 1. The van der Waals surface area contributed by atoms with E-state index in [9.17, 15) is 18.5 Å². The molecular weight excluding hydrogens is 611 g/mol. The Hall–Kier alpha value is -3.94. The summed E-state index contributed by atoms with van der Waals surface area (Å²) in [6.07, 6.45) is 6.75. The maximum absolute atomic E-state index is 12.9. The van der Waals surface area contributed by atoms with Gasteiger partial charge in [-0.1, -0.05) is 30.3 Å². The van der Waals surface area contributed by atoms with Crippen molar-refractivity contribution in [2.75, 3.05) is 37.6 Å². The molecule has 3 aliphatic rings. The Labute approximate surface area is 278 Å². The van der Waals surface area contributed by atoms with E-state index in [2.05, 4.69) is 38.3 Å². The Morgan fingerprint density at radius 2 is 1.64 bits per heavy atom. The number of anilines is 1. The molecule has 1 N–H and O–H groups in total. The van der Waals surface area contributed by atoms with E-state index in [1.54, 1.807) is 12.1 Å². The van der Waals surface area contributed by atoms with Crippen LogP contribution < -0.4 is 10.2 Å². The first-order chi connectivity index (χ1) is 22.7. The Kier molecular flexibility index (Phi) is 9.85. The van der Waals surface area contributed by atoms with Crippen molar-refractivity contribution in [2.45, 2.75) is 73.3 Å². The Bertz CT molecular complexity index is 1650. The van der Waals surface area contributed by atoms with Gasteiger partial charge in [0, 0.05) is 55.6 Å². The van der Waals surface area contributed by atoms with E-state index in [-0.39, 0.29) is 33.8 Å². The average molecular weight is 656 g/mol. The fourth-order valence-corrected chi connectivity index (χ4v) is 9.27. The molecule has 3 aromatic rings. The van der Waals surface area contributed by atoms with Gasteiger partial charge in [-0.25, -0.2) is 13.2 Å². The first-order valence-electron chi connectivity index (χ1n) is 16.9. The molecule has 47 heavy (non-hydrogen) atoms. The molecule has 3 atom stereocenters. The van der Waals surface area contributed by atoms with Gasteiger partial charge < -0.3 is 19.9 Å². The van der Waals surface area contributed by atoms with Crippen LogP contribution >= 0.6 is 0 Å². The first kappa shape index (κ1) is 33.0. The van der Waals surface area contributed by atoms with Crippen molar-refractivity contribution in [3.8, 4) is 6.07 Å². The third-order valence-electron chi connectivity index (χ3n) is 10.3. The van der Waals surface area contributed by atoms with Gasteiger partial charge in [0.2, 0.25) is 9.84 Å². The van der Waals surface area contributed by atoms with Crippen LogP contribution in [0.25, 0.3) is 0 Å². The zero-order valence-electron chi connectivity index (χ0n) is 27.3. The monoisotopic (exact) mass is 655 g/mol. The number of hydrogen-bond acceptors (Lipinski definition) is 8. The molecule has 3 fully saturated rings. The molecule has 2 aromatic carbocycles. The first-order valence-corrected chi connectivity index (χ1v) is 18.4. The van der Waals surface area contributed by atoms with E-state index in [1.807, 2.05) is 44.2 Å². The molecule has 9 nitrogen and oxygen atoms in total. The number of amides is 1. The number of nitrogens with zero attached hydrogens (tertiary/aromatic N) is 4. The predicted octanol–water partition coefficient (Wildman–Crippen LogP) is 5.83. The van der Waals surface area contributed by atoms with Crippen LogP contribution in [-0.4, -0.2) is 69.3 Å². The van der Waals surface area contributed by atoms with Crippen LogP contribution in [0, 0.1) is 29.1 Å². The fourth-order valence-electron chi connectivity index (χ4n) is 8.02. The fraction of sp³-hybridized carbons (Fsp3) is 0.486. The van der Waals surface area contributed by atoms with Crippen molar-refractivity contribution in [3.63, 3.8) is 0 Å². The second-order valence-corrected chi connectivity index (χ2v) is 15.6. The normalized spacial score (nSPS) is 22.3. The zero-order chi connectivity index (χ0) is 33.0. The molecule has 0 bridgehead atoms. The van der Waals surface area contributed by atoms with Gasteiger partial charge in [0.05, 0.1) is 21.3 Å². The van der Waals surface area contributed by atoms with Gasteiger partial charge in [-0.15, -0.1) is 0 Å². The Morgan fingerprint density at radius 1 is 0.979 bits per heavy atom. The van der Waals surface area contributed by atoms with E-state index in [4.69, 9.17) is 4.74 Å². The second-order valence-electron chi connectivity index (χ2n) is 13.7. The van der Waals surface area contributed by atoms with Crippen LogP contribution in [0.3, 0.4) is 0 Å². The largest absolute Gasteiger partial charge is 0.446 e. The van der Waals surface area contributed by atoms with Crippen molar-refractivity contribution >= 4 is 21.6 Å². The number of nitriles is 1. The van der Waals surface area contributed by atoms with Crippen molar-refractivity contribution in [2.24, 2.45) is 17.8 Å². The third-order valence-corrected chi connectivity index (χ3v) is 12.1. The number of likely N-dealkylation sites (tertiary alicyclic amines) is 1. The summed E-state index contributed by atoms with van der Waals surface area (Å²) in [5, 5.41) is 13.9. The van der Waals surface area contributed by atoms with Crippen LogP contribution in [0.2, 0.25) is 0 Å². The van der Waals surface area contributed by atoms with Gasteiger partial charge in [-0.2, -0.15) is 5.26 Å². The molecule has 0 radical (unpaired) electrons. The molecule has 248 valence electrons. The summed E-state index contributed by atoms with van der Waals surface area (Å²) in [6.45, 7) is 8.58. The number of pyridine rings is 1. The van der Waals surface area contributed by atoms with Crippen LogP contribution in [0.1, 0.15) is 51.5 Å². The highest BCUT2D eigenvalue weighted by Gasteiger charge is 2.53. The number of carbonyl (C=O) groups excluding carboxylic acids is 1. The lowest BCUT2D eigenvalue weighted by Gasteiger charge is -2.48. The summed E-state index contributed by atoms with van der Waals surface area (Å²) in [5.74, 6) is 0.665. The van der Waals surface area contributed by atoms with Gasteiger partial charge in [-0.3, -0.25) is 4.98 Å². The van der Waals surface area contributed by atoms with Gasteiger partial charge >= 0.3 is 6.09 Å². The molecule has 2 saturated heterocycles. The number of piperidine rings is 1. The van der Waals surface area contributed by atoms with Crippen molar-refractivity contribution in [1.29, 1.82) is 5.26 Å². The number of aromatic nitrogens is 1. The summed E-state index contributed by atoms with van der Waals surface area (Å²) in [6, 6.07) is 23.2. The summed E-state index contributed by atoms with van der Waals surface area (Å²) in [7, 11) is -3.56. The molecule has 2 aliphatic heterocycles. The molecule has 6 rings (SSSR count). The van der Waals surface area contributed by atoms with E-state index >= 15 is 0 Å². The van der Waals surface area contributed by atoms with E-state index in [1.165, 1.54) is 24.5 Å². The number of benzene rings is 2. The third kappa shape index (κ3) is 6.88. The molecule has 0 spiro atoms. The number of ether oxygens (including phenoxy) is 1. The minimum absolute atomic E-state index is 0.00769. The average Bonchev–Trinajstić information content (AvgIpc) is 3.52. The standard InChI is InChI=1S/C37H45N5O4S/c1-27(2)40-36(43)46-35-10-6-9-34(35)37(26-38,29-7-4-3-5-8-29)30-17-21-41(22-18-30)23-28-24-42(25-28)31-11-13-32(14-12-31)47(44,45)33-15-19-39-20-16-33/h3-5,7-8,11-16,19-20,27-28,30,34-35H,6,9-10,17-18,21-25H2,1-2H3,(H,40,43)/t34-,35-,37+/m0/s1. The van der Waals surface area contributed by atoms with E-state index in [0.29, 0.717) is 5.92 Å². The van der Waals surface area contributed by atoms with Crippen molar-refractivity contribution < 1.29 is 17.9 Å². The molecular formula is C37H45N5O4S. The van der Waals surface area contributed by atoms with Crippen molar-refractivity contribution in [3.05, 3.63) is 84.7 Å². The van der Waals surface area contributed by atoms with Gasteiger partial charge in [0.1, 0.15) is 6.10 Å². The van der Waals surface area contributed by atoms with Crippen LogP contribution in [0.4, 0.5) is 10.5 Å². The Morgan fingerprint density at radius 3 is 2.28 bits per heavy atom. The number of sulfone groups is 1. The van der Waals surface area contributed by atoms with Gasteiger partial charge in [-0.05, 0) is 107 Å². The van der Waals surface area contributed by atoms with E-state index < -0.39 is 21.3 Å². The molecule has 10 heteroatoms. The molecule has 1 aliphatic carbocycles. The minimum Gasteiger partial charge on any atom is -0.446 e. The molecule has 1 amide bonds. The lowest BCUT2D eigenvalue weighted by atomic mass is 9.59. The maximum atomic E-state index is 12.9. The molecule has 3 heterocycles. The summed E-state index contributed by atoms with van der Waals surface area (Å²) < 4.78 is 31.9. The van der Waals surface area contributed by atoms with Gasteiger partial charge in [0.15, 0.2) is 0 Å². The summed E-state index contributed by atoms with van der Waals surface area (Å²) >= 11 is 0. The number of alkyl carbamates (subject to hydrolysis) is 1. The minimum atomic E-state index is -3.56. The summed E-state index contributed by atoms with van der Waals surface area (Å²) in [5.41, 5.74) is 1.36. The summed E-state index contributed by atoms with van der Waals surface area (Å²) in [4.78, 5) is 21.9. The lowest BCUT2D eigenvalue weighted by Crippen LogP contribution is -2.54.